The third-order valence-corrected chi connectivity index (χ3v) is 7.32. The van der Waals surface area contributed by atoms with E-state index in [4.69, 9.17) is 4.74 Å². The van der Waals surface area contributed by atoms with Gasteiger partial charge in [-0.25, -0.2) is 13.2 Å². The van der Waals surface area contributed by atoms with Gasteiger partial charge in [0.25, 0.3) is 10.0 Å². The monoisotopic (exact) mass is 480 g/mol. The van der Waals surface area contributed by atoms with Gasteiger partial charge in [0.2, 0.25) is 5.91 Å². The molecule has 7 nitrogen and oxygen atoms in total. The number of ether oxygens (including phenoxy) is 1. The smallest absolute Gasteiger partial charge is 0.338 e. The minimum Gasteiger partial charge on any atom is -0.465 e. The van der Waals surface area contributed by atoms with E-state index < -0.39 is 28.4 Å². The summed E-state index contributed by atoms with van der Waals surface area (Å²) in [5, 5.41) is 2.75. The first kappa shape index (κ1) is 25.0. The molecule has 0 aliphatic rings. The van der Waals surface area contributed by atoms with Crippen molar-refractivity contribution in [1.29, 1.82) is 0 Å². The maximum absolute atomic E-state index is 13.6. The van der Waals surface area contributed by atoms with Crippen LogP contribution in [-0.2, 0) is 26.0 Å². The van der Waals surface area contributed by atoms with Crippen LogP contribution in [0.2, 0.25) is 0 Å². The molecule has 34 heavy (non-hydrogen) atoms. The van der Waals surface area contributed by atoms with Crippen LogP contribution in [0.5, 0.6) is 0 Å². The number of hydrogen-bond donors (Lipinski definition) is 1. The van der Waals surface area contributed by atoms with Gasteiger partial charge in [-0.15, -0.1) is 0 Å². The summed E-state index contributed by atoms with van der Waals surface area (Å²) in [6.07, 6.45) is 0.595. The summed E-state index contributed by atoms with van der Waals surface area (Å²) in [7, 11) is -2.74. The van der Waals surface area contributed by atoms with Crippen molar-refractivity contribution >= 4 is 33.3 Å². The van der Waals surface area contributed by atoms with Gasteiger partial charge < -0.3 is 10.1 Å². The number of hydrogen-bond acceptors (Lipinski definition) is 5. The van der Waals surface area contributed by atoms with Crippen molar-refractivity contribution in [1.82, 2.24) is 0 Å². The number of nitrogens with one attached hydrogen (secondary N) is 1. The number of esters is 1. The van der Waals surface area contributed by atoms with E-state index in [0.29, 0.717) is 28.9 Å². The molecule has 0 unspecified atom stereocenters. The van der Waals surface area contributed by atoms with Crippen molar-refractivity contribution in [3.05, 3.63) is 89.0 Å². The number of para-hydroxylation sites is 1. The Kier molecular flexibility index (Phi) is 7.73. The van der Waals surface area contributed by atoms with Crippen molar-refractivity contribution in [3.8, 4) is 0 Å². The minimum absolute atomic E-state index is 0.0978. The second kappa shape index (κ2) is 10.5. The van der Waals surface area contributed by atoms with Crippen molar-refractivity contribution in [2.24, 2.45) is 0 Å². The first-order chi connectivity index (χ1) is 16.2. The Morgan fingerprint density at radius 3 is 2.26 bits per heavy atom. The van der Waals surface area contributed by atoms with E-state index in [-0.39, 0.29) is 4.90 Å². The molecule has 0 aliphatic heterocycles. The van der Waals surface area contributed by atoms with E-state index in [2.05, 4.69) is 5.32 Å². The van der Waals surface area contributed by atoms with Crippen LogP contribution in [0.3, 0.4) is 0 Å². The number of carbonyl (C=O) groups is 2. The van der Waals surface area contributed by atoms with Crippen LogP contribution in [0.25, 0.3) is 0 Å². The van der Waals surface area contributed by atoms with Crippen LogP contribution < -0.4 is 9.62 Å². The van der Waals surface area contributed by atoms with Gasteiger partial charge in [-0.2, -0.15) is 0 Å². The molecule has 3 aromatic rings. The summed E-state index contributed by atoms with van der Waals surface area (Å²) in [5.41, 5.74) is 3.43. The third-order valence-electron chi connectivity index (χ3n) is 5.55. The van der Waals surface area contributed by atoms with Crippen molar-refractivity contribution in [2.75, 3.05) is 23.3 Å². The van der Waals surface area contributed by atoms with Gasteiger partial charge in [0.05, 0.1) is 23.3 Å². The number of rotatable bonds is 8. The second-order valence-corrected chi connectivity index (χ2v) is 9.69. The number of sulfonamides is 1. The van der Waals surface area contributed by atoms with E-state index in [1.54, 1.807) is 49.4 Å². The SMILES string of the molecule is CCc1ccccc1N(CC(=O)Nc1cccc(C(=O)OC)c1C)S(=O)(=O)c1ccc(C)cc1. The zero-order valence-electron chi connectivity index (χ0n) is 19.7. The van der Waals surface area contributed by atoms with Crippen LogP contribution in [0.4, 0.5) is 11.4 Å². The van der Waals surface area contributed by atoms with Gasteiger partial charge in [-0.1, -0.05) is 48.9 Å². The Morgan fingerprint density at radius 1 is 0.941 bits per heavy atom. The van der Waals surface area contributed by atoms with E-state index in [1.165, 1.54) is 19.2 Å². The van der Waals surface area contributed by atoms with Gasteiger partial charge in [0, 0.05) is 5.69 Å². The van der Waals surface area contributed by atoms with Gasteiger partial charge in [-0.05, 0) is 61.7 Å². The summed E-state index contributed by atoms with van der Waals surface area (Å²) >= 11 is 0. The fourth-order valence-electron chi connectivity index (χ4n) is 3.61. The van der Waals surface area contributed by atoms with E-state index in [9.17, 15) is 18.0 Å². The Balaban J connectivity index is 1.99. The fraction of sp³-hybridized carbons (Fsp3) is 0.231. The van der Waals surface area contributed by atoms with Crippen LogP contribution in [-0.4, -0.2) is 33.9 Å². The van der Waals surface area contributed by atoms with Crippen molar-refractivity contribution in [3.63, 3.8) is 0 Å². The first-order valence-corrected chi connectivity index (χ1v) is 12.3. The molecule has 0 aliphatic carbocycles. The highest BCUT2D eigenvalue weighted by atomic mass is 32.2. The summed E-state index contributed by atoms with van der Waals surface area (Å²) < 4.78 is 33.2. The van der Waals surface area contributed by atoms with Crippen LogP contribution in [0.1, 0.15) is 34.0 Å². The average molecular weight is 481 g/mol. The number of nitrogens with zero attached hydrogens (tertiary/aromatic N) is 1. The lowest BCUT2D eigenvalue weighted by Gasteiger charge is -2.26. The molecular weight excluding hydrogens is 452 g/mol. The molecule has 0 saturated carbocycles. The van der Waals surface area contributed by atoms with E-state index in [0.717, 1.165) is 15.4 Å². The Hall–Kier alpha value is -3.65. The highest BCUT2D eigenvalue weighted by Gasteiger charge is 2.29. The highest BCUT2D eigenvalue weighted by Crippen LogP contribution is 2.28. The molecule has 0 bridgehead atoms. The third kappa shape index (κ3) is 5.28. The predicted molar refractivity (Wildman–Crippen MR) is 133 cm³/mol. The number of carbonyl (C=O) groups excluding carboxylic acids is 2. The molecule has 0 aromatic heterocycles. The molecular formula is C26H28N2O5S. The van der Waals surface area contributed by atoms with Gasteiger partial charge in [0.15, 0.2) is 0 Å². The standard InChI is InChI=1S/C26H28N2O5S/c1-5-20-9-6-7-12-24(20)28(34(31,32)21-15-13-18(2)14-16-21)17-25(29)27-23-11-8-10-22(19(23)3)26(30)33-4/h6-16H,5,17H2,1-4H3,(H,27,29). The molecule has 0 spiro atoms. The zero-order valence-corrected chi connectivity index (χ0v) is 20.5. The Bertz CT molecular complexity index is 1300. The summed E-state index contributed by atoms with van der Waals surface area (Å²) in [5.74, 6) is -1.05. The lowest BCUT2D eigenvalue weighted by molar-refractivity contribution is -0.114. The lowest BCUT2D eigenvalue weighted by Crippen LogP contribution is -2.38. The summed E-state index contributed by atoms with van der Waals surface area (Å²) in [4.78, 5) is 25.2. The number of aryl methyl sites for hydroxylation is 2. The molecule has 1 amide bonds. The molecule has 3 rings (SSSR count). The van der Waals surface area contributed by atoms with Gasteiger partial charge >= 0.3 is 5.97 Å². The molecule has 8 heteroatoms. The van der Waals surface area contributed by atoms with Gasteiger partial charge in [-0.3, -0.25) is 9.10 Å². The molecule has 0 atom stereocenters. The number of anilines is 2. The second-order valence-electron chi connectivity index (χ2n) is 7.82. The largest absolute Gasteiger partial charge is 0.465 e. The molecule has 0 saturated heterocycles. The first-order valence-electron chi connectivity index (χ1n) is 10.8. The molecule has 178 valence electrons. The maximum Gasteiger partial charge on any atom is 0.338 e. The maximum atomic E-state index is 13.6. The lowest BCUT2D eigenvalue weighted by atomic mass is 10.1. The molecule has 0 heterocycles. The highest BCUT2D eigenvalue weighted by molar-refractivity contribution is 7.92. The van der Waals surface area contributed by atoms with Crippen LogP contribution in [0.15, 0.2) is 71.6 Å². The fourth-order valence-corrected chi connectivity index (χ4v) is 5.07. The van der Waals surface area contributed by atoms with E-state index in [1.807, 2.05) is 26.0 Å². The summed E-state index contributed by atoms with van der Waals surface area (Å²) in [6.45, 7) is 5.06. The van der Waals surface area contributed by atoms with Crippen LogP contribution >= 0.6 is 0 Å². The number of methoxy groups -OCH3 is 1. The summed E-state index contributed by atoms with van der Waals surface area (Å²) in [6, 6.07) is 18.5. The number of benzene rings is 3. The van der Waals surface area contributed by atoms with E-state index >= 15 is 0 Å². The Labute approximate surface area is 200 Å². The topological polar surface area (TPSA) is 92.8 Å². The predicted octanol–water partition coefficient (Wildman–Crippen LogP) is 4.49. The van der Waals surface area contributed by atoms with Crippen LogP contribution in [0, 0.1) is 13.8 Å². The average Bonchev–Trinajstić information content (AvgIpc) is 2.83. The zero-order chi connectivity index (χ0) is 24.9. The molecule has 0 radical (unpaired) electrons. The van der Waals surface area contributed by atoms with Crippen molar-refractivity contribution < 1.29 is 22.7 Å². The van der Waals surface area contributed by atoms with Crippen molar-refractivity contribution in [2.45, 2.75) is 32.1 Å². The number of amides is 1. The quantitative estimate of drug-likeness (QED) is 0.480. The molecule has 3 aromatic carbocycles. The van der Waals surface area contributed by atoms with Gasteiger partial charge in [0.1, 0.15) is 6.54 Å². The normalized spacial score (nSPS) is 11.1. The molecule has 1 N–H and O–H groups in total. The Morgan fingerprint density at radius 2 is 1.62 bits per heavy atom. The minimum atomic E-state index is -4.03. The molecule has 0 fully saturated rings.